The minimum absolute atomic E-state index is 0.702. The van der Waals surface area contributed by atoms with Crippen LogP contribution in [-0.2, 0) is 0 Å². The molecule has 0 radical (unpaired) electrons. The smallest absolute Gasteiger partial charge is 0.220 e. The third kappa shape index (κ3) is 2.08. The van der Waals surface area contributed by atoms with Gasteiger partial charge in [-0.15, -0.1) is 0 Å². The largest absolute Gasteiger partial charge is 0.282 e. The van der Waals surface area contributed by atoms with Crippen molar-refractivity contribution in [1.29, 1.82) is 0 Å². The summed E-state index contributed by atoms with van der Waals surface area (Å²) in [6.45, 7) is 6.87. The Balaban J connectivity index is 1.90. The quantitative estimate of drug-likeness (QED) is 0.442. The Morgan fingerprint density at radius 2 is 1.76 bits per heavy atom. The predicted octanol–water partition coefficient (Wildman–Crippen LogP) is 5.66. The van der Waals surface area contributed by atoms with E-state index in [4.69, 9.17) is 4.98 Å². The van der Waals surface area contributed by atoms with Crippen molar-refractivity contribution in [2.24, 2.45) is 11.8 Å². The lowest BCUT2D eigenvalue weighted by atomic mass is 9.84. The number of hydrogen-bond acceptors (Lipinski definition) is 1. The Hall–Kier alpha value is -2.55. The van der Waals surface area contributed by atoms with E-state index in [1.165, 1.54) is 27.8 Å². The number of aryl methyl sites for hydroxylation is 1. The third-order valence-electron chi connectivity index (χ3n) is 5.87. The average molecular weight is 329 g/mol. The second kappa shape index (κ2) is 5.22. The molecule has 1 aliphatic rings. The van der Waals surface area contributed by atoms with Gasteiger partial charge >= 0.3 is 0 Å². The first-order chi connectivity index (χ1) is 12.1. The van der Waals surface area contributed by atoms with Crippen molar-refractivity contribution in [2.75, 3.05) is 0 Å². The molecule has 0 fully saturated rings. The van der Waals surface area contributed by atoms with Gasteiger partial charge in [0.2, 0.25) is 5.78 Å². The SMILES string of the molecule is Cc1ccc2nc3n(C4=CCC(C)C(C)C4)c4ccccc4n3c2c1. The molecule has 0 saturated heterocycles. The first-order valence-electron chi connectivity index (χ1n) is 9.21. The molecule has 0 amide bonds. The van der Waals surface area contributed by atoms with Crippen LogP contribution in [0, 0.1) is 18.8 Å². The average Bonchev–Trinajstić information content (AvgIpc) is 3.12. The molecule has 2 atom stereocenters. The summed E-state index contributed by atoms with van der Waals surface area (Å²) in [6, 6.07) is 15.2. The number of hydrogen-bond donors (Lipinski definition) is 0. The lowest BCUT2D eigenvalue weighted by Crippen LogP contribution is -2.15. The summed E-state index contributed by atoms with van der Waals surface area (Å²) in [6.07, 6.45) is 4.67. The Labute approximate surface area is 147 Å². The molecule has 4 aromatic rings. The van der Waals surface area contributed by atoms with E-state index in [-0.39, 0.29) is 0 Å². The molecule has 0 N–H and O–H groups in total. The maximum absolute atomic E-state index is 5.00. The molecule has 0 spiro atoms. The number of para-hydroxylation sites is 2. The summed E-state index contributed by atoms with van der Waals surface area (Å²) in [4.78, 5) is 5.00. The molecule has 1 aliphatic carbocycles. The van der Waals surface area contributed by atoms with Crippen molar-refractivity contribution in [3.8, 4) is 0 Å². The third-order valence-corrected chi connectivity index (χ3v) is 5.87. The van der Waals surface area contributed by atoms with E-state index in [1.54, 1.807) is 0 Å². The van der Waals surface area contributed by atoms with E-state index in [2.05, 4.69) is 78.3 Å². The lowest BCUT2D eigenvalue weighted by Gasteiger charge is -2.26. The second-order valence-corrected chi connectivity index (χ2v) is 7.65. The molecule has 2 unspecified atom stereocenters. The fourth-order valence-corrected chi connectivity index (χ4v) is 4.14. The number of allylic oxidation sites excluding steroid dienone is 2. The van der Waals surface area contributed by atoms with Crippen LogP contribution in [0.3, 0.4) is 0 Å². The topological polar surface area (TPSA) is 22.2 Å². The Morgan fingerprint density at radius 3 is 2.56 bits per heavy atom. The highest BCUT2D eigenvalue weighted by Gasteiger charge is 2.23. The highest BCUT2D eigenvalue weighted by molar-refractivity contribution is 5.93. The summed E-state index contributed by atoms with van der Waals surface area (Å²) < 4.78 is 4.70. The van der Waals surface area contributed by atoms with Gasteiger partial charge in [-0.05, 0) is 61.4 Å². The summed E-state index contributed by atoms with van der Waals surface area (Å²) >= 11 is 0. The van der Waals surface area contributed by atoms with Gasteiger partial charge in [0.05, 0.1) is 22.1 Å². The maximum Gasteiger partial charge on any atom is 0.220 e. The van der Waals surface area contributed by atoms with E-state index in [9.17, 15) is 0 Å². The van der Waals surface area contributed by atoms with Gasteiger partial charge in [-0.1, -0.05) is 38.1 Å². The zero-order chi connectivity index (χ0) is 17.1. The van der Waals surface area contributed by atoms with Crippen LogP contribution in [0.25, 0.3) is 33.5 Å². The lowest BCUT2D eigenvalue weighted by molar-refractivity contribution is 0.381. The standard InChI is InChI=1S/C22H23N3/c1-14-8-11-18-21(12-14)25-20-7-5-4-6-19(20)24(22(25)23-18)17-10-9-15(2)16(3)13-17/h4-8,10-12,15-16H,9,13H2,1-3H3. The van der Waals surface area contributed by atoms with Crippen LogP contribution in [0.4, 0.5) is 0 Å². The van der Waals surface area contributed by atoms with Crippen molar-refractivity contribution < 1.29 is 0 Å². The molecule has 2 aromatic heterocycles. The molecule has 25 heavy (non-hydrogen) atoms. The van der Waals surface area contributed by atoms with Crippen LogP contribution in [0.2, 0.25) is 0 Å². The predicted molar refractivity (Wildman–Crippen MR) is 105 cm³/mol. The minimum Gasteiger partial charge on any atom is -0.282 e. The first-order valence-corrected chi connectivity index (χ1v) is 9.21. The Kier molecular flexibility index (Phi) is 3.08. The molecule has 0 saturated carbocycles. The number of aromatic nitrogens is 3. The summed E-state index contributed by atoms with van der Waals surface area (Å²) in [5.74, 6) is 2.49. The molecule has 0 bridgehead atoms. The van der Waals surface area contributed by atoms with Gasteiger partial charge in [0.1, 0.15) is 0 Å². The van der Waals surface area contributed by atoms with E-state index in [1.807, 2.05) is 0 Å². The van der Waals surface area contributed by atoms with Crippen LogP contribution in [0.1, 0.15) is 32.3 Å². The van der Waals surface area contributed by atoms with Gasteiger partial charge in [-0.2, -0.15) is 0 Å². The van der Waals surface area contributed by atoms with Gasteiger partial charge in [0.25, 0.3) is 0 Å². The van der Waals surface area contributed by atoms with Crippen LogP contribution in [0.5, 0.6) is 0 Å². The number of rotatable bonds is 1. The van der Waals surface area contributed by atoms with Crippen molar-refractivity contribution in [3.63, 3.8) is 0 Å². The number of imidazole rings is 2. The van der Waals surface area contributed by atoms with E-state index >= 15 is 0 Å². The zero-order valence-electron chi connectivity index (χ0n) is 15.0. The van der Waals surface area contributed by atoms with Gasteiger partial charge < -0.3 is 0 Å². The number of benzene rings is 2. The first kappa shape index (κ1) is 14.8. The van der Waals surface area contributed by atoms with Gasteiger partial charge in [0.15, 0.2) is 0 Å². The van der Waals surface area contributed by atoms with Crippen molar-refractivity contribution in [1.82, 2.24) is 14.0 Å². The van der Waals surface area contributed by atoms with Gasteiger partial charge in [0, 0.05) is 5.70 Å². The summed E-state index contributed by atoms with van der Waals surface area (Å²) in [7, 11) is 0. The Bertz CT molecular complexity index is 1140. The highest BCUT2D eigenvalue weighted by atomic mass is 15.2. The van der Waals surface area contributed by atoms with E-state index in [0.717, 1.165) is 30.1 Å². The molecule has 2 aromatic carbocycles. The van der Waals surface area contributed by atoms with Crippen molar-refractivity contribution in [2.45, 2.75) is 33.6 Å². The van der Waals surface area contributed by atoms with Crippen molar-refractivity contribution >= 4 is 33.5 Å². The van der Waals surface area contributed by atoms with E-state index in [0.29, 0.717) is 5.92 Å². The van der Waals surface area contributed by atoms with Gasteiger partial charge in [-0.3, -0.25) is 8.97 Å². The molecule has 3 heteroatoms. The molecule has 2 heterocycles. The summed E-state index contributed by atoms with van der Waals surface area (Å²) in [5, 5.41) is 0. The van der Waals surface area contributed by atoms with E-state index < -0.39 is 0 Å². The Morgan fingerprint density at radius 1 is 0.960 bits per heavy atom. The second-order valence-electron chi connectivity index (χ2n) is 7.65. The molecular weight excluding hydrogens is 306 g/mol. The molecule has 126 valence electrons. The van der Waals surface area contributed by atoms with Crippen LogP contribution in [-0.4, -0.2) is 14.0 Å². The minimum atomic E-state index is 0.702. The van der Waals surface area contributed by atoms with Crippen molar-refractivity contribution in [3.05, 3.63) is 54.1 Å². The fraction of sp³-hybridized carbons (Fsp3) is 0.318. The fourth-order valence-electron chi connectivity index (χ4n) is 4.14. The maximum atomic E-state index is 5.00. The van der Waals surface area contributed by atoms with Crippen LogP contribution in [0.15, 0.2) is 48.5 Å². The van der Waals surface area contributed by atoms with Crippen LogP contribution < -0.4 is 0 Å². The number of fused-ring (bicyclic) bond motifs is 5. The highest BCUT2D eigenvalue weighted by Crippen LogP contribution is 2.36. The number of nitrogens with zero attached hydrogens (tertiary/aromatic N) is 3. The summed E-state index contributed by atoms with van der Waals surface area (Å²) in [5.41, 5.74) is 7.41. The van der Waals surface area contributed by atoms with Gasteiger partial charge in [-0.25, -0.2) is 4.98 Å². The molecule has 0 aliphatic heterocycles. The molecule has 3 nitrogen and oxygen atoms in total. The van der Waals surface area contributed by atoms with Crippen LogP contribution >= 0.6 is 0 Å². The molecular formula is C22H23N3. The normalized spacial score (nSPS) is 21.3. The molecule has 5 rings (SSSR count). The monoisotopic (exact) mass is 329 g/mol. The zero-order valence-corrected chi connectivity index (χ0v) is 15.0.